The van der Waals surface area contributed by atoms with E-state index in [4.69, 9.17) is 21.1 Å². The number of carbonyl (C=O) groups excluding carboxylic acids is 1. The second kappa shape index (κ2) is 6.45. The van der Waals surface area contributed by atoms with Crippen LogP contribution in [0.1, 0.15) is 16.1 Å². The van der Waals surface area contributed by atoms with Crippen molar-refractivity contribution in [1.29, 1.82) is 0 Å². The van der Waals surface area contributed by atoms with Crippen molar-refractivity contribution in [2.75, 3.05) is 14.2 Å². The highest BCUT2D eigenvalue weighted by Gasteiger charge is 2.11. The number of allylic oxidation sites excluding steroid dienone is 1. The Morgan fingerprint density at radius 3 is 2.57 bits per heavy atom. The molecule has 1 aromatic carbocycles. The molecule has 1 heterocycles. The van der Waals surface area contributed by atoms with Gasteiger partial charge in [0.15, 0.2) is 17.2 Å². The van der Waals surface area contributed by atoms with Crippen LogP contribution >= 0.6 is 11.6 Å². The molecule has 0 fully saturated rings. The van der Waals surface area contributed by atoms with Gasteiger partial charge in [0.2, 0.25) is 5.78 Å². The molecule has 0 bridgehead atoms. The highest BCUT2D eigenvalue weighted by Crippen LogP contribution is 2.28. The fourth-order valence-corrected chi connectivity index (χ4v) is 2.11. The summed E-state index contributed by atoms with van der Waals surface area (Å²) in [7, 11) is 4.84. The molecule has 2 aromatic rings. The van der Waals surface area contributed by atoms with Gasteiger partial charge in [0.1, 0.15) is 0 Å². The zero-order valence-corrected chi connectivity index (χ0v) is 12.7. The molecule has 0 amide bonds. The first-order valence-corrected chi connectivity index (χ1v) is 6.56. The lowest BCUT2D eigenvalue weighted by molar-refractivity contribution is 0.104. The summed E-state index contributed by atoms with van der Waals surface area (Å²) in [6.45, 7) is 0. The maximum atomic E-state index is 12.0. The van der Waals surface area contributed by atoms with Crippen molar-refractivity contribution >= 4 is 23.5 Å². The van der Waals surface area contributed by atoms with Crippen LogP contribution in [0.3, 0.4) is 0 Å². The molecule has 5 nitrogen and oxygen atoms in total. The lowest BCUT2D eigenvalue weighted by Gasteiger charge is -2.07. The van der Waals surface area contributed by atoms with Crippen LogP contribution in [-0.4, -0.2) is 29.8 Å². The second-order valence-corrected chi connectivity index (χ2v) is 4.72. The molecular formula is C15H15ClN2O3. The molecule has 6 heteroatoms. The molecule has 0 saturated heterocycles. The Morgan fingerprint density at radius 2 is 2.00 bits per heavy atom. The van der Waals surface area contributed by atoms with Crippen LogP contribution in [0.2, 0.25) is 5.02 Å². The highest BCUT2D eigenvalue weighted by molar-refractivity contribution is 6.34. The predicted octanol–water partition coefficient (Wildman–Crippen LogP) is 2.99. The highest BCUT2D eigenvalue weighted by atomic mass is 35.5. The normalized spacial score (nSPS) is 10.9. The number of methoxy groups -OCH3 is 2. The van der Waals surface area contributed by atoms with Gasteiger partial charge >= 0.3 is 0 Å². The SMILES string of the molecule is COc1ccc(/C=C/C(=O)c2nn(C)cc2Cl)cc1OC. The van der Waals surface area contributed by atoms with Crippen molar-refractivity contribution in [3.8, 4) is 11.5 Å². The maximum absolute atomic E-state index is 12.0. The number of carbonyl (C=O) groups is 1. The zero-order chi connectivity index (χ0) is 15.4. The molecule has 0 aliphatic carbocycles. The molecule has 2 rings (SSSR count). The van der Waals surface area contributed by atoms with E-state index in [2.05, 4.69) is 5.10 Å². The van der Waals surface area contributed by atoms with Gasteiger partial charge in [-0.2, -0.15) is 5.10 Å². The number of ketones is 1. The van der Waals surface area contributed by atoms with Crippen molar-refractivity contribution < 1.29 is 14.3 Å². The molecule has 0 saturated carbocycles. The Bertz CT molecular complexity index is 692. The van der Waals surface area contributed by atoms with Crippen molar-refractivity contribution in [1.82, 2.24) is 9.78 Å². The lowest BCUT2D eigenvalue weighted by atomic mass is 10.1. The number of nitrogens with zero attached hydrogens (tertiary/aromatic N) is 2. The van der Waals surface area contributed by atoms with Crippen LogP contribution in [0.4, 0.5) is 0 Å². The van der Waals surface area contributed by atoms with Gasteiger partial charge in [-0.1, -0.05) is 23.7 Å². The summed E-state index contributed by atoms with van der Waals surface area (Å²) in [5.41, 5.74) is 1.05. The molecule has 0 N–H and O–H groups in total. The van der Waals surface area contributed by atoms with E-state index in [1.807, 2.05) is 6.07 Å². The first-order chi connectivity index (χ1) is 10.0. The Hall–Kier alpha value is -2.27. The quantitative estimate of drug-likeness (QED) is 0.629. The molecule has 0 spiro atoms. The zero-order valence-electron chi connectivity index (χ0n) is 12.0. The maximum Gasteiger partial charge on any atom is 0.207 e. The minimum atomic E-state index is -0.254. The van der Waals surface area contributed by atoms with Crippen LogP contribution in [0.15, 0.2) is 30.5 Å². The van der Waals surface area contributed by atoms with Gasteiger partial charge in [0.25, 0.3) is 0 Å². The standard InChI is InChI=1S/C15H15ClN2O3/c1-18-9-11(16)15(17-18)12(19)6-4-10-5-7-13(20-2)14(8-10)21-3/h4-9H,1-3H3/b6-4+. The van der Waals surface area contributed by atoms with Gasteiger partial charge in [-0.15, -0.1) is 0 Å². The summed E-state index contributed by atoms with van der Waals surface area (Å²) in [5.74, 6) is 0.979. The van der Waals surface area contributed by atoms with Crippen LogP contribution < -0.4 is 9.47 Å². The van der Waals surface area contributed by atoms with E-state index >= 15 is 0 Å². The van der Waals surface area contributed by atoms with Crippen molar-refractivity contribution in [3.63, 3.8) is 0 Å². The Balaban J connectivity index is 2.21. The molecule has 0 atom stereocenters. The van der Waals surface area contributed by atoms with Gasteiger partial charge in [-0.3, -0.25) is 9.48 Å². The molecule has 0 radical (unpaired) electrons. The largest absolute Gasteiger partial charge is 0.493 e. The summed E-state index contributed by atoms with van der Waals surface area (Å²) in [5, 5.41) is 4.36. The topological polar surface area (TPSA) is 53.3 Å². The number of aryl methyl sites for hydroxylation is 1. The summed E-state index contributed by atoms with van der Waals surface area (Å²) < 4.78 is 11.9. The third-order valence-corrected chi connectivity index (χ3v) is 3.13. The van der Waals surface area contributed by atoms with Crippen LogP contribution in [-0.2, 0) is 7.05 Å². The third kappa shape index (κ3) is 3.44. The second-order valence-electron chi connectivity index (χ2n) is 4.31. The number of aromatic nitrogens is 2. The molecule has 0 aliphatic rings. The van der Waals surface area contributed by atoms with E-state index in [0.29, 0.717) is 16.5 Å². The van der Waals surface area contributed by atoms with Crippen LogP contribution in [0, 0.1) is 0 Å². The number of rotatable bonds is 5. The first kappa shape index (κ1) is 15.1. The summed E-state index contributed by atoms with van der Waals surface area (Å²) in [4.78, 5) is 12.0. The third-order valence-electron chi connectivity index (χ3n) is 2.85. The first-order valence-electron chi connectivity index (χ1n) is 6.18. The Labute approximate surface area is 127 Å². The van der Waals surface area contributed by atoms with E-state index in [9.17, 15) is 4.79 Å². The lowest BCUT2D eigenvalue weighted by Crippen LogP contribution is -1.98. The average molecular weight is 307 g/mol. The number of halogens is 1. The van der Waals surface area contributed by atoms with E-state index in [0.717, 1.165) is 5.56 Å². The van der Waals surface area contributed by atoms with E-state index in [1.165, 1.54) is 10.8 Å². The van der Waals surface area contributed by atoms with Crippen LogP contribution in [0.25, 0.3) is 6.08 Å². The fraction of sp³-hybridized carbons (Fsp3) is 0.200. The van der Waals surface area contributed by atoms with Crippen molar-refractivity contribution in [3.05, 3.63) is 46.8 Å². The van der Waals surface area contributed by atoms with E-state index in [-0.39, 0.29) is 11.5 Å². The summed E-state index contributed by atoms with van der Waals surface area (Å²) in [6.07, 6.45) is 4.68. The number of ether oxygens (including phenoxy) is 2. The minimum Gasteiger partial charge on any atom is -0.493 e. The van der Waals surface area contributed by atoms with Gasteiger partial charge in [0, 0.05) is 13.2 Å². The summed E-state index contributed by atoms with van der Waals surface area (Å²) in [6, 6.07) is 5.38. The molecule has 110 valence electrons. The van der Waals surface area contributed by atoms with E-state index < -0.39 is 0 Å². The van der Waals surface area contributed by atoms with Crippen molar-refractivity contribution in [2.24, 2.45) is 7.05 Å². The molecule has 21 heavy (non-hydrogen) atoms. The van der Waals surface area contributed by atoms with Crippen LogP contribution in [0.5, 0.6) is 11.5 Å². The minimum absolute atomic E-state index is 0.232. The number of hydrogen-bond donors (Lipinski definition) is 0. The number of benzene rings is 1. The number of hydrogen-bond acceptors (Lipinski definition) is 4. The smallest absolute Gasteiger partial charge is 0.207 e. The molecule has 1 aromatic heterocycles. The van der Waals surface area contributed by atoms with Crippen molar-refractivity contribution in [2.45, 2.75) is 0 Å². The predicted molar refractivity (Wildman–Crippen MR) is 81.1 cm³/mol. The van der Waals surface area contributed by atoms with Gasteiger partial charge in [-0.25, -0.2) is 0 Å². The summed E-state index contributed by atoms with van der Waals surface area (Å²) >= 11 is 5.93. The molecule has 0 aliphatic heterocycles. The molecule has 0 unspecified atom stereocenters. The average Bonchev–Trinajstić information content (AvgIpc) is 2.83. The van der Waals surface area contributed by atoms with Gasteiger partial charge < -0.3 is 9.47 Å². The van der Waals surface area contributed by atoms with E-state index in [1.54, 1.807) is 45.7 Å². The molecular weight excluding hydrogens is 292 g/mol. The Morgan fingerprint density at radius 1 is 1.29 bits per heavy atom. The Kier molecular flexibility index (Phi) is 4.65. The van der Waals surface area contributed by atoms with Gasteiger partial charge in [-0.05, 0) is 23.8 Å². The monoisotopic (exact) mass is 306 g/mol. The van der Waals surface area contributed by atoms with Gasteiger partial charge in [0.05, 0.1) is 19.2 Å². The fourth-order valence-electron chi connectivity index (χ4n) is 1.83.